The van der Waals surface area contributed by atoms with Gasteiger partial charge in [0.1, 0.15) is 22.6 Å². The number of esters is 2. The molecule has 0 saturated carbocycles. The van der Waals surface area contributed by atoms with Gasteiger partial charge in [0.15, 0.2) is 11.6 Å². The molecular formula is C70H83BrF2N14O11. The second kappa shape index (κ2) is 38.0. The number of hydrogen-bond acceptors (Lipinski definition) is 19. The lowest BCUT2D eigenvalue weighted by Gasteiger charge is -2.42. The molecule has 10 aromatic heterocycles. The average Bonchev–Trinajstić information content (AvgIpc) is 1.63. The van der Waals surface area contributed by atoms with Gasteiger partial charge in [-0.1, -0.05) is 40.2 Å². The highest BCUT2D eigenvalue weighted by molar-refractivity contribution is 9.09. The molecule has 4 unspecified atom stereocenters. The Morgan fingerprint density at radius 3 is 1.32 bits per heavy atom. The number of alkyl halides is 1. The van der Waals surface area contributed by atoms with Gasteiger partial charge in [-0.15, -0.1) is 0 Å². The number of pyridine rings is 6. The summed E-state index contributed by atoms with van der Waals surface area (Å²) in [4.78, 5) is 75.1. The molecule has 10 aromatic rings. The normalized spacial score (nSPS) is 16.5. The van der Waals surface area contributed by atoms with Crippen LogP contribution in [0.3, 0.4) is 0 Å². The van der Waals surface area contributed by atoms with Gasteiger partial charge >= 0.3 is 17.9 Å². The number of aliphatic hydroxyl groups is 1. The van der Waals surface area contributed by atoms with Crippen LogP contribution in [0.2, 0.25) is 0 Å². The van der Waals surface area contributed by atoms with Gasteiger partial charge in [-0.2, -0.15) is 0 Å². The van der Waals surface area contributed by atoms with E-state index in [1.807, 2.05) is 120 Å². The molecule has 1 amide bonds. The number of hydrogen-bond donors (Lipinski definition) is 3. The van der Waals surface area contributed by atoms with Gasteiger partial charge in [0.05, 0.1) is 109 Å². The SMILES string of the molecule is CCOC(=O)CCBr.CCOC(=O)CCOCc1cccc2nccn12.Fc1cnccc1N1C2CCC1CNC2.O=C(CCOCc1cccc2nccn12)N1CC2CCC(C1)N2c1ccncc1F.O=C(O)CCOCc1cccc2nccn12.OCc1cccc2nccn12. The predicted molar refractivity (Wildman–Crippen MR) is 365 cm³/mol. The molecule has 4 atom stereocenters. The van der Waals surface area contributed by atoms with E-state index in [2.05, 4.69) is 65.7 Å². The molecule has 4 saturated heterocycles. The summed E-state index contributed by atoms with van der Waals surface area (Å²) < 4.78 is 61.5. The molecule has 0 spiro atoms. The van der Waals surface area contributed by atoms with Crippen LogP contribution in [0.25, 0.3) is 22.6 Å². The van der Waals surface area contributed by atoms with Gasteiger partial charge in [-0.05, 0) is 100 Å². The number of ether oxygens (including phenoxy) is 5. The molecule has 14 heterocycles. The Morgan fingerprint density at radius 1 is 0.520 bits per heavy atom. The minimum atomic E-state index is -0.846. The summed E-state index contributed by atoms with van der Waals surface area (Å²) in [6.45, 7) is 9.96. The number of rotatable bonds is 22. The van der Waals surface area contributed by atoms with Crippen molar-refractivity contribution in [2.45, 2.75) is 116 Å². The zero-order valence-electron chi connectivity index (χ0n) is 54.9. The van der Waals surface area contributed by atoms with Crippen molar-refractivity contribution < 1.29 is 61.9 Å². The topological polar surface area (TPSA) is 272 Å². The largest absolute Gasteiger partial charge is 0.481 e. The van der Waals surface area contributed by atoms with Crippen molar-refractivity contribution in [2.75, 3.05) is 74.3 Å². The van der Waals surface area contributed by atoms with Crippen molar-refractivity contribution in [3.8, 4) is 0 Å². The maximum atomic E-state index is 14.2. The predicted octanol–water partition coefficient (Wildman–Crippen LogP) is 9.11. The molecule has 0 aliphatic carbocycles. The Morgan fingerprint density at radius 2 is 0.908 bits per heavy atom. The Bertz CT molecular complexity index is 4100. The molecule has 0 radical (unpaired) electrons. The van der Waals surface area contributed by atoms with Crippen LogP contribution >= 0.6 is 15.9 Å². The number of carboxylic acid groups (broad SMARTS) is 1. The lowest BCUT2D eigenvalue weighted by Crippen LogP contribution is -2.55. The number of amides is 1. The number of fused-ring (bicyclic) bond motifs is 8. The summed E-state index contributed by atoms with van der Waals surface area (Å²) in [5.74, 6) is -1.60. The van der Waals surface area contributed by atoms with Gasteiger partial charge in [-0.25, -0.2) is 28.7 Å². The number of nitrogens with zero attached hydrogens (tertiary/aromatic N) is 13. The van der Waals surface area contributed by atoms with Crippen molar-refractivity contribution in [1.82, 2.24) is 57.7 Å². The zero-order valence-corrected chi connectivity index (χ0v) is 56.5. The number of piperazine rings is 2. The third-order valence-electron chi connectivity index (χ3n) is 16.5. The number of aromatic nitrogens is 10. The van der Waals surface area contributed by atoms with Crippen LogP contribution in [0.1, 0.15) is 88.0 Å². The van der Waals surface area contributed by atoms with Crippen LogP contribution in [0, 0.1) is 11.6 Å². The molecule has 3 N–H and O–H groups in total. The molecular weight excluding hydrogens is 1330 g/mol. The second-order valence-corrected chi connectivity index (χ2v) is 23.7. The second-order valence-electron chi connectivity index (χ2n) is 22.9. The molecule has 4 fully saturated rings. The number of nitrogens with one attached hydrogen (secondary N) is 1. The number of carbonyl (C=O) groups excluding carboxylic acids is 3. The first-order chi connectivity index (χ1) is 47.9. The average molecular weight is 1410 g/mol. The van der Waals surface area contributed by atoms with Crippen LogP contribution < -0.4 is 15.1 Å². The highest BCUT2D eigenvalue weighted by Crippen LogP contribution is 2.37. The first-order valence-corrected chi connectivity index (χ1v) is 33.8. The number of carboxylic acids is 1. The lowest BCUT2D eigenvalue weighted by molar-refractivity contribution is -0.144. The fraction of sp³-hybridized carbons (Fsp3) is 0.400. The Kier molecular flexibility index (Phi) is 28.3. The number of anilines is 2. The minimum absolute atomic E-state index is 0.0277. The highest BCUT2D eigenvalue weighted by Gasteiger charge is 2.42. The fourth-order valence-corrected chi connectivity index (χ4v) is 12.4. The lowest BCUT2D eigenvalue weighted by atomic mass is 10.1. The van der Waals surface area contributed by atoms with E-state index in [-0.39, 0.29) is 67.6 Å². The number of carbonyl (C=O) groups is 4. The molecule has 14 rings (SSSR count). The monoisotopic (exact) mass is 1410 g/mol. The van der Waals surface area contributed by atoms with Gasteiger partial charge in [0.25, 0.3) is 0 Å². The minimum Gasteiger partial charge on any atom is -0.481 e. The number of imidazole rings is 4. The molecule has 98 heavy (non-hydrogen) atoms. The third kappa shape index (κ3) is 20.4. The molecule has 4 aliphatic heterocycles. The summed E-state index contributed by atoms with van der Waals surface area (Å²) in [6, 6.07) is 27.9. The number of aliphatic hydroxyl groups excluding tert-OH is 1. The fourth-order valence-electron chi connectivity index (χ4n) is 12.0. The first-order valence-electron chi connectivity index (χ1n) is 32.7. The zero-order chi connectivity index (χ0) is 69.0. The van der Waals surface area contributed by atoms with E-state index in [0.29, 0.717) is 95.3 Å². The van der Waals surface area contributed by atoms with E-state index in [9.17, 15) is 28.0 Å². The van der Waals surface area contributed by atoms with Crippen molar-refractivity contribution in [3.63, 3.8) is 0 Å². The van der Waals surface area contributed by atoms with Crippen LogP contribution in [0.5, 0.6) is 0 Å². The molecule has 28 heteroatoms. The van der Waals surface area contributed by atoms with E-state index in [1.54, 1.807) is 63.2 Å². The molecule has 4 bridgehead atoms. The van der Waals surface area contributed by atoms with Crippen LogP contribution in [0.4, 0.5) is 20.2 Å². The van der Waals surface area contributed by atoms with Crippen LogP contribution in [-0.4, -0.2) is 175 Å². The maximum absolute atomic E-state index is 14.2. The summed E-state index contributed by atoms with van der Waals surface area (Å²) in [6.07, 6.45) is 25.7. The van der Waals surface area contributed by atoms with E-state index < -0.39 is 5.97 Å². The first kappa shape index (κ1) is 72.9. The summed E-state index contributed by atoms with van der Waals surface area (Å²) in [5, 5.41) is 21.4. The number of aliphatic carboxylic acids is 1. The van der Waals surface area contributed by atoms with Gasteiger partial charge < -0.3 is 71.5 Å². The highest BCUT2D eigenvalue weighted by atomic mass is 79.9. The smallest absolute Gasteiger partial charge is 0.308 e. The Balaban J connectivity index is 0.000000145. The van der Waals surface area contributed by atoms with E-state index in [4.69, 9.17) is 29.2 Å². The van der Waals surface area contributed by atoms with Crippen LogP contribution in [0.15, 0.2) is 159 Å². The van der Waals surface area contributed by atoms with Gasteiger partial charge in [-0.3, -0.25) is 29.1 Å². The Hall–Kier alpha value is -9.32. The number of halogens is 3. The van der Waals surface area contributed by atoms with E-state index >= 15 is 0 Å². The van der Waals surface area contributed by atoms with Gasteiger partial charge in [0.2, 0.25) is 5.91 Å². The van der Waals surface area contributed by atoms with Crippen molar-refractivity contribution in [2.24, 2.45) is 0 Å². The van der Waals surface area contributed by atoms with Crippen molar-refractivity contribution in [3.05, 3.63) is 194 Å². The summed E-state index contributed by atoms with van der Waals surface area (Å²) in [5.41, 5.74) is 8.65. The molecule has 4 aliphatic rings. The number of likely N-dealkylation sites (tertiary alicyclic amines) is 1. The molecule has 0 aromatic carbocycles. The van der Waals surface area contributed by atoms with Crippen molar-refractivity contribution in [1.29, 1.82) is 0 Å². The van der Waals surface area contributed by atoms with E-state index in [1.165, 1.54) is 25.2 Å². The maximum Gasteiger partial charge on any atom is 0.308 e. The van der Waals surface area contributed by atoms with Crippen LogP contribution in [-0.2, 0) is 69.3 Å². The third-order valence-corrected chi connectivity index (χ3v) is 16.9. The Labute approximate surface area is 574 Å². The quantitative estimate of drug-likeness (QED) is 0.0324. The molecule has 25 nitrogen and oxygen atoms in total. The van der Waals surface area contributed by atoms with E-state index in [0.717, 1.165) is 77.0 Å². The van der Waals surface area contributed by atoms with Gasteiger partial charge in [0, 0.05) is 140 Å². The summed E-state index contributed by atoms with van der Waals surface area (Å²) >= 11 is 3.12. The molecule has 520 valence electrons. The summed E-state index contributed by atoms with van der Waals surface area (Å²) in [7, 11) is 0. The van der Waals surface area contributed by atoms with Crippen molar-refractivity contribution >= 4 is 73.7 Å². The standard InChI is InChI=1S/C22H24FN5O2.C13H16N2O3.C11H14FN3.C11H12N2O3.C8H8N2O.C5H9BrO2/c23-19-12-24-8-6-20(19)28-16-4-5-17(28)14-26(13-16)22(29)7-11-30-15-18-2-1-3-21-25-9-10-27(18)21;1-2-18-13(16)6-9-17-10-11-4-3-5-12-14-7-8-15(11)12;12-10-7-13-4-3-11(10)15-8-1-2-9(15)6-14-5-8;14-11(15)4-7-16-8-9-2-1-3-10-12-5-6-13(9)10;11-6-7-2-1-3-8-9-4-5-10(7)8;1-2-8-5(7)3-4-6/h1-3,6,8-10,12,16-17H,4-5,7,11,13-15H2;3-5,7-8H,2,6,9-10H2,1H3;3-4,7-9,14H,1-2,5-6H2;1-3,5-6H,4,7-8H2,(H,14,15);1-5,11H,6H2;2-4H2,1H3.